The molecule has 0 bridgehead atoms. The van der Waals surface area contributed by atoms with Crippen LogP contribution in [0.4, 0.5) is 5.69 Å². The molecule has 1 fully saturated rings. The molecular formula is C20H24N4O2. The predicted octanol–water partition coefficient (Wildman–Crippen LogP) is 2.06. The van der Waals surface area contributed by atoms with Crippen LogP contribution < -0.4 is 4.90 Å². The maximum absolute atomic E-state index is 13.0. The number of para-hydroxylation sites is 1. The zero-order valence-corrected chi connectivity index (χ0v) is 15.3. The Morgan fingerprint density at radius 2 is 1.96 bits per heavy atom. The second-order valence-corrected chi connectivity index (χ2v) is 7.42. The summed E-state index contributed by atoms with van der Waals surface area (Å²) in [4.78, 5) is 29.5. The van der Waals surface area contributed by atoms with Gasteiger partial charge in [0.1, 0.15) is 0 Å². The van der Waals surface area contributed by atoms with Crippen LogP contribution in [0, 0.1) is 5.92 Å². The van der Waals surface area contributed by atoms with Crippen molar-refractivity contribution in [1.29, 1.82) is 0 Å². The van der Waals surface area contributed by atoms with Crippen molar-refractivity contribution in [2.45, 2.75) is 31.7 Å². The summed E-state index contributed by atoms with van der Waals surface area (Å²) in [6.45, 7) is 3.77. The van der Waals surface area contributed by atoms with Crippen molar-refractivity contribution >= 4 is 17.5 Å². The molecule has 0 N–H and O–H groups in total. The fourth-order valence-electron chi connectivity index (χ4n) is 4.39. The molecule has 6 heteroatoms. The molecule has 0 aliphatic carbocycles. The summed E-state index contributed by atoms with van der Waals surface area (Å²) in [5.74, 6) is 0.177. The van der Waals surface area contributed by atoms with Gasteiger partial charge in [0.15, 0.2) is 0 Å². The Bertz CT molecular complexity index is 822. The Hall–Kier alpha value is -2.63. The number of aromatic nitrogens is 2. The molecular weight excluding hydrogens is 328 g/mol. The highest BCUT2D eigenvalue weighted by molar-refractivity contribution is 6.07. The molecule has 1 spiro atoms. The first-order valence-corrected chi connectivity index (χ1v) is 9.17. The van der Waals surface area contributed by atoms with Gasteiger partial charge in [-0.2, -0.15) is 5.10 Å². The van der Waals surface area contributed by atoms with Crippen LogP contribution in [-0.2, 0) is 21.5 Å². The summed E-state index contributed by atoms with van der Waals surface area (Å²) < 4.78 is 1.79. The van der Waals surface area contributed by atoms with Crippen molar-refractivity contribution in [3.05, 3.63) is 48.3 Å². The highest BCUT2D eigenvalue weighted by Crippen LogP contribution is 2.47. The quantitative estimate of drug-likeness (QED) is 0.850. The predicted molar refractivity (Wildman–Crippen MR) is 98.7 cm³/mol. The van der Waals surface area contributed by atoms with Crippen LogP contribution in [-0.4, -0.2) is 46.6 Å². The third-order valence-corrected chi connectivity index (χ3v) is 5.87. The lowest BCUT2D eigenvalue weighted by molar-refractivity contribution is -0.139. The van der Waals surface area contributed by atoms with Crippen LogP contribution in [0.3, 0.4) is 0 Å². The normalized spacial score (nSPS) is 19.7. The third kappa shape index (κ3) is 2.52. The van der Waals surface area contributed by atoms with E-state index in [1.807, 2.05) is 49.3 Å². The van der Waals surface area contributed by atoms with E-state index in [1.54, 1.807) is 15.8 Å². The molecule has 0 unspecified atom stereocenters. The summed E-state index contributed by atoms with van der Waals surface area (Å²) in [6, 6.07) is 9.90. The standard InChI is InChI=1S/C20H24N4O2/c1-15(14-24-11-5-10-21-24)18(25)23-12-8-20(9-13-23)16-6-3-4-7-17(16)22(2)19(20)26/h3-7,10-11,15H,8-9,12-14H2,1-2H3/t15-/m1/s1. The number of carbonyl (C=O) groups excluding carboxylic acids is 2. The molecule has 0 radical (unpaired) electrons. The molecule has 1 atom stereocenters. The van der Waals surface area contributed by atoms with E-state index in [1.165, 1.54) is 0 Å². The fourth-order valence-corrected chi connectivity index (χ4v) is 4.39. The van der Waals surface area contributed by atoms with E-state index in [0.29, 0.717) is 32.5 Å². The number of hydrogen-bond donors (Lipinski definition) is 0. The average Bonchev–Trinajstić information content (AvgIpc) is 3.25. The van der Waals surface area contributed by atoms with Crippen LogP contribution in [0.5, 0.6) is 0 Å². The second-order valence-electron chi connectivity index (χ2n) is 7.42. The van der Waals surface area contributed by atoms with E-state index in [4.69, 9.17) is 0 Å². The first-order valence-electron chi connectivity index (χ1n) is 9.17. The smallest absolute Gasteiger partial charge is 0.237 e. The van der Waals surface area contributed by atoms with Crippen LogP contribution in [0.2, 0.25) is 0 Å². The topological polar surface area (TPSA) is 58.4 Å². The van der Waals surface area contributed by atoms with Crippen LogP contribution in [0.15, 0.2) is 42.7 Å². The molecule has 0 saturated carbocycles. The highest BCUT2D eigenvalue weighted by Gasteiger charge is 2.51. The minimum absolute atomic E-state index is 0.127. The third-order valence-electron chi connectivity index (χ3n) is 5.87. The number of likely N-dealkylation sites (N-methyl/N-ethyl adjacent to an activating group) is 1. The minimum atomic E-state index is -0.465. The molecule has 3 heterocycles. The second kappa shape index (κ2) is 6.27. The number of likely N-dealkylation sites (tertiary alicyclic amines) is 1. The van der Waals surface area contributed by atoms with Gasteiger partial charge in [0.05, 0.1) is 17.9 Å². The van der Waals surface area contributed by atoms with Gasteiger partial charge in [0.2, 0.25) is 11.8 Å². The molecule has 2 aliphatic rings. The van der Waals surface area contributed by atoms with Gasteiger partial charge in [0, 0.05) is 38.2 Å². The van der Waals surface area contributed by atoms with E-state index in [9.17, 15) is 9.59 Å². The van der Waals surface area contributed by atoms with E-state index in [0.717, 1.165) is 11.3 Å². The number of nitrogens with zero attached hydrogens (tertiary/aromatic N) is 4. The lowest BCUT2D eigenvalue weighted by atomic mass is 9.73. The van der Waals surface area contributed by atoms with Crippen molar-refractivity contribution in [3.8, 4) is 0 Å². The summed E-state index contributed by atoms with van der Waals surface area (Å²) in [6.07, 6.45) is 4.97. The number of rotatable bonds is 3. The van der Waals surface area contributed by atoms with Crippen LogP contribution in [0.25, 0.3) is 0 Å². The maximum Gasteiger partial charge on any atom is 0.237 e. The number of hydrogen-bond acceptors (Lipinski definition) is 3. The minimum Gasteiger partial charge on any atom is -0.342 e. The van der Waals surface area contributed by atoms with Gasteiger partial charge in [-0.15, -0.1) is 0 Å². The van der Waals surface area contributed by atoms with Gasteiger partial charge in [-0.3, -0.25) is 14.3 Å². The molecule has 1 saturated heterocycles. The Labute approximate surface area is 153 Å². The average molecular weight is 352 g/mol. The highest BCUT2D eigenvalue weighted by atomic mass is 16.2. The van der Waals surface area contributed by atoms with Gasteiger partial charge < -0.3 is 9.80 Å². The monoisotopic (exact) mass is 352 g/mol. The summed E-state index contributed by atoms with van der Waals surface area (Å²) >= 11 is 0. The van der Waals surface area contributed by atoms with E-state index in [-0.39, 0.29) is 17.7 Å². The molecule has 136 valence electrons. The van der Waals surface area contributed by atoms with Gasteiger partial charge in [0.25, 0.3) is 0 Å². The van der Waals surface area contributed by atoms with Gasteiger partial charge in [-0.05, 0) is 30.5 Å². The maximum atomic E-state index is 13.0. The molecule has 1 aromatic carbocycles. The largest absolute Gasteiger partial charge is 0.342 e. The van der Waals surface area contributed by atoms with Gasteiger partial charge >= 0.3 is 0 Å². The van der Waals surface area contributed by atoms with Crippen molar-refractivity contribution < 1.29 is 9.59 Å². The lowest BCUT2D eigenvalue weighted by Gasteiger charge is -2.39. The summed E-state index contributed by atoms with van der Waals surface area (Å²) in [5, 5.41) is 4.18. The molecule has 6 nitrogen and oxygen atoms in total. The van der Waals surface area contributed by atoms with Gasteiger partial charge in [-0.1, -0.05) is 25.1 Å². The van der Waals surface area contributed by atoms with E-state index >= 15 is 0 Å². The molecule has 2 aliphatic heterocycles. The SMILES string of the molecule is C[C@H](Cn1cccn1)C(=O)N1CCC2(CC1)C(=O)N(C)c1ccccc12. The first kappa shape index (κ1) is 16.8. The fraction of sp³-hybridized carbons (Fsp3) is 0.450. The van der Waals surface area contributed by atoms with Gasteiger partial charge in [-0.25, -0.2) is 0 Å². The molecule has 2 amide bonds. The number of amides is 2. The lowest BCUT2D eigenvalue weighted by Crippen LogP contribution is -2.50. The van der Waals surface area contributed by atoms with Crippen molar-refractivity contribution in [1.82, 2.24) is 14.7 Å². The van der Waals surface area contributed by atoms with Crippen molar-refractivity contribution in [3.63, 3.8) is 0 Å². The molecule has 1 aromatic heterocycles. The molecule has 26 heavy (non-hydrogen) atoms. The first-order chi connectivity index (χ1) is 12.5. The Kier molecular flexibility index (Phi) is 4.05. The number of piperidine rings is 1. The zero-order valence-electron chi connectivity index (χ0n) is 15.3. The Morgan fingerprint density at radius 3 is 2.65 bits per heavy atom. The Morgan fingerprint density at radius 1 is 1.23 bits per heavy atom. The number of anilines is 1. The summed E-state index contributed by atoms with van der Waals surface area (Å²) in [5.41, 5.74) is 1.65. The van der Waals surface area contributed by atoms with Crippen LogP contribution in [0.1, 0.15) is 25.3 Å². The Balaban J connectivity index is 1.47. The van der Waals surface area contributed by atoms with Crippen molar-refractivity contribution in [2.24, 2.45) is 5.92 Å². The number of carbonyl (C=O) groups is 2. The number of benzene rings is 1. The van der Waals surface area contributed by atoms with Crippen molar-refractivity contribution in [2.75, 3.05) is 25.0 Å². The van der Waals surface area contributed by atoms with E-state index in [2.05, 4.69) is 11.2 Å². The zero-order chi connectivity index (χ0) is 18.3. The van der Waals surface area contributed by atoms with E-state index < -0.39 is 5.41 Å². The molecule has 4 rings (SSSR count). The molecule has 2 aromatic rings. The number of fused-ring (bicyclic) bond motifs is 2. The van der Waals surface area contributed by atoms with Crippen LogP contribution >= 0.6 is 0 Å². The summed E-state index contributed by atoms with van der Waals surface area (Å²) in [7, 11) is 1.85.